The first-order valence-electron chi connectivity index (χ1n) is 8.16. The van der Waals surface area contributed by atoms with Crippen LogP contribution in [0.1, 0.15) is 65.2 Å². The summed E-state index contributed by atoms with van der Waals surface area (Å²) in [6, 6.07) is 10.7. The van der Waals surface area contributed by atoms with Crippen LogP contribution in [0, 0.1) is 0 Å². The lowest BCUT2D eigenvalue weighted by molar-refractivity contribution is 0.588. The van der Waals surface area contributed by atoms with E-state index in [4.69, 9.17) is 0 Å². The predicted octanol–water partition coefficient (Wildman–Crippen LogP) is 6.87. The van der Waals surface area contributed by atoms with Crippen molar-refractivity contribution in [2.24, 2.45) is 0 Å². The van der Waals surface area contributed by atoms with Gasteiger partial charge in [0.05, 0.1) is 0 Å². The fraction of sp³-hybridized carbons (Fsp3) is 0.579. The summed E-state index contributed by atoms with van der Waals surface area (Å²) in [5.74, 6) is 1.10. The fourth-order valence-electron chi connectivity index (χ4n) is 2.26. The topological polar surface area (TPSA) is 0 Å². The van der Waals surface area contributed by atoms with Gasteiger partial charge in [0.25, 0.3) is 0 Å². The molecule has 0 fully saturated rings. The molecule has 0 atom stereocenters. The molecule has 0 spiro atoms. The highest BCUT2D eigenvalue weighted by molar-refractivity contribution is 7.99. The number of thioether (sulfide) groups is 1. The first-order valence-corrected chi connectivity index (χ1v) is 9.15. The molecule has 0 radical (unpaired) electrons. The van der Waals surface area contributed by atoms with Crippen LogP contribution in [-0.2, 0) is 0 Å². The van der Waals surface area contributed by atoms with Crippen molar-refractivity contribution in [2.45, 2.75) is 70.1 Å². The fourth-order valence-corrected chi connectivity index (χ4v) is 3.17. The summed E-state index contributed by atoms with van der Waals surface area (Å²) < 4.78 is 0. The van der Waals surface area contributed by atoms with Crippen LogP contribution in [0.2, 0.25) is 0 Å². The van der Waals surface area contributed by atoms with Crippen LogP contribution in [0.3, 0.4) is 0 Å². The largest absolute Gasteiger partial charge is 0.122 e. The van der Waals surface area contributed by atoms with Crippen LogP contribution in [0.4, 0.5) is 0 Å². The number of hydrogen-bond acceptors (Lipinski definition) is 1. The molecule has 0 unspecified atom stereocenters. The lowest BCUT2D eigenvalue weighted by atomic mass is 10.1. The van der Waals surface area contributed by atoms with Gasteiger partial charge in [-0.05, 0) is 31.9 Å². The smallest absolute Gasteiger partial charge is 0.0163 e. The van der Waals surface area contributed by atoms with Gasteiger partial charge in [-0.15, -0.1) is 11.8 Å². The van der Waals surface area contributed by atoms with Gasteiger partial charge in [0.15, 0.2) is 0 Å². The molecule has 20 heavy (non-hydrogen) atoms. The van der Waals surface area contributed by atoms with Crippen molar-refractivity contribution < 1.29 is 0 Å². The zero-order valence-corrected chi connectivity index (χ0v) is 14.1. The molecule has 1 aromatic rings. The van der Waals surface area contributed by atoms with E-state index < -0.39 is 0 Å². The van der Waals surface area contributed by atoms with Crippen molar-refractivity contribution in [2.75, 3.05) is 5.75 Å². The Labute approximate surface area is 130 Å². The standard InChI is InChI=1S/C19H30S/c1-3-4-5-6-7-8-10-13-18(2)16-17-20-19-14-11-9-12-15-19/h9,11-12,14-16H,3-8,10,13,17H2,1-2H3/b18-16+. The van der Waals surface area contributed by atoms with Gasteiger partial charge in [-0.25, -0.2) is 0 Å². The molecule has 0 aromatic heterocycles. The van der Waals surface area contributed by atoms with E-state index in [2.05, 4.69) is 50.3 Å². The lowest BCUT2D eigenvalue weighted by Crippen LogP contribution is -1.83. The van der Waals surface area contributed by atoms with Crippen LogP contribution < -0.4 is 0 Å². The van der Waals surface area contributed by atoms with Crippen LogP contribution in [0.5, 0.6) is 0 Å². The Morgan fingerprint density at radius 1 is 0.950 bits per heavy atom. The average molecular weight is 291 g/mol. The monoisotopic (exact) mass is 290 g/mol. The van der Waals surface area contributed by atoms with Gasteiger partial charge >= 0.3 is 0 Å². The zero-order chi connectivity index (χ0) is 14.5. The Hall–Kier alpha value is -0.690. The lowest BCUT2D eigenvalue weighted by Gasteiger charge is -2.03. The highest BCUT2D eigenvalue weighted by Crippen LogP contribution is 2.18. The summed E-state index contributed by atoms with van der Waals surface area (Å²) >= 11 is 1.93. The highest BCUT2D eigenvalue weighted by Gasteiger charge is 1.94. The molecule has 112 valence electrons. The second-order valence-corrected chi connectivity index (χ2v) is 6.64. The molecular formula is C19H30S. The summed E-state index contributed by atoms with van der Waals surface area (Å²) in [4.78, 5) is 1.37. The second-order valence-electron chi connectivity index (χ2n) is 5.55. The Bertz CT molecular complexity index is 353. The third kappa shape index (κ3) is 9.25. The summed E-state index contributed by atoms with van der Waals surface area (Å²) in [6.45, 7) is 4.56. The van der Waals surface area contributed by atoms with Crippen molar-refractivity contribution in [3.8, 4) is 0 Å². The van der Waals surface area contributed by atoms with Gasteiger partial charge in [0, 0.05) is 10.6 Å². The molecule has 0 aliphatic heterocycles. The summed E-state index contributed by atoms with van der Waals surface area (Å²) in [6.07, 6.45) is 13.5. The highest BCUT2D eigenvalue weighted by atomic mass is 32.2. The zero-order valence-electron chi connectivity index (χ0n) is 13.2. The predicted molar refractivity (Wildman–Crippen MR) is 93.5 cm³/mol. The summed E-state index contributed by atoms with van der Waals surface area (Å²) in [7, 11) is 0. The Morgan fingerprint density at radius 2 is 1.60 bits per heavy atom. The van der Waals surface area contributed by atoms with Gasteiger partial charge in [-0.3, -0.25) is 0 Å². The minimum atomic E-state index is 1.10. The maximum absolute atomic E-state index is 2.40. The number of allylic oxidation sites excluding steroid dienone is 1. The molecule has 0 aliphatic rings. The molecule has 0 heterocycles. The molecule has 0 nitrogen and oxygen atoms in total. The normalized spacial score (nSPS) is 11.8. The Kier molecular flexibility index (Phi) is 10.5. The first kappa shape index (κ1) is 17.4. The van der Waals surface area contributed by atoms with E-state index in [0.717, 1.165) is 5.75 Å². The van der Waals surface area contributed by atoms with E-state index in [1.54, 1.807) is 5.57 Å². The van der Waals surface area contributed by atoms with Crippen LogP contribution >= 0.6 is 11.8 Å². The van der Waals surface area contributed by atoms with E-state index >= 15 is 0 Å². The molecule has 0 bridgehead atoms. The number of rotatable bonds is 11. The van der Waals surface area contributed by atoms with Gasteiger partial charge in [0.1, 0.15) is 0 Å². The molecule has 1 rings (SSSR count). The average Bonchev–Trinajstić information content (AvgIpc) is 2.47. The second kappa shape index (κ2) is 12.1. The molecule has 0 saturated carbocycles. The number of unbranched alkanes of at least 4 members (excludes halogenated alkanes) is 6. The van der Waals surface area contributed by atoms with Crippen LogP contribution in [0.25, 0.3) is 0 Å². The van der Waals surface area contributed by atoms with Gasteiger partial charge in [-0.1, -0.05) is 75.3 Å². The van der Waals surface area contributed by atoms with E-state index in [0.29, 0.717) is 0 Å². The van der Waals surface area contributed by atoms with Crippen LogP contribution in [0.15, 0.2) is 46.9 Å². The molecular weight excluding hydrogens is 260 g/mol. The SMILES string of the molecule is CCCCCCCCC/C(C)=C/CSc1ccccc1. The molecule has 1 aromatic carbocycles. The van der Waals surface area contributed by atoms with E-state index in [9.17, 15) is 0 Å². The summed E-state index contributed by atoms with van der Waals surface area (Å²) in [5, 5.41) is 0. The van der Waals surface area contributed by atoms with E-state index in [1.165, 1.54) is 56.3 Å². The van der Waals surface area contributed by atoms with Gasteiger partial charge in [-0.2, -0.15) is 0 Å². The van der Waals surface area contributed by atoms with Crippen molar-refractivity contribution in [3.63, 3.8) is 0 Å². The third-order valence-electron chi connectivity index (χ3n) is 3.60. The maximum Gasteiger partial charge on any atom is 0.0163 e. The van der Waals surface area contributed by atoms with Crippen molar-refractivity contribution in [1.82, 2.24) is 0 Å². The van der Waals surface area contributed by atoms with E-state index in [-0.39, 0.29) is 0 Å². The van der Waals surface area contributed by atoms with Gasteiger partial charge < -0.3 is 0 Å². The molecule has 0 saturated heterocycles. The Balaban J connectivity index is 2.01. The minimum absolute atomic E-state index is 1.10. The Morgan fingerprint density at radius 3 is 2.30 bits per heavy atom. The number of hydrogen-bond donors (Lipinski definition) is 0. The number of benzene rings is 1. The quantitative estimate of drug-likeness (QED) is 0.243. The van der Waals surface area contributed by atoms with Crippen LogP contribution in [-0.4, -0.2) is 5.75 Å². The maximum atomic E-state index is 2.40. The molecule has 1 heteroatoms. The molecule has 0 N–H and O–H groups in total. The van der Waals surface area contributed by atoms with Gasteiger partial charge in [0.2, 0.25) is 0 Å². The van der Waals surface area contributed by atoms with Crippen molar-refractivity contribution in [3.05, 3.63) is 42.0 Å². The van der Waals surface area contributed by atoms with Crippen molar-refractivity contribution in [1.29, 1.82) is 0 Å². The van der Waals surface area contributed by atoms with Crippen molar-refractivity contribution >= 4 is 11.8 Å². The first-order chi connectivity index (χ1) is 9.83. The third-order valence-corrected chi connectivity index (χ3v) is 4.54. The van der Waals surface area contributed by atoms with E-state index in [1.807, 2.05) is 11.8 Å². The summed E-state index contributed by atoms with van der Waals surface area (Å²) in [5.41, 5.74) is 1.56. The molecule has 0 aliphatic carbocycles. The minimum Gasteiger partial charge on any atom is -0.122 e. The molecule has 0 amide bonds.